The normalized spacial score (nSPS) is 22.2. The molecule has 1 saturated heterocycles. The molecule has 2 aliphatic rings. The second-order valence-electron chi connectivity index (χ2n) is 7.69. The Labute approximate surface area is 217 Å². The van der Waals surface area contributed by atoms with Gasteiger partial charge in [0.15, 0.2) is 0 Å². The van der Waals surface area contributed by atoms with Gasteiger partial charge in [-0.1, -0.05) is 55.1 Å². The third-order valence-corrected chi connectivity index (χ3v) is 5.81. The summed E-state index contributed by atoms with van der Waals surface area (Å²) in [7, 11) is 3.17. The lowest BCUT2D eigenvalue weighted by Crippen LogP contribution is -2.23. The van der Waals surface area contributed by atoms with Crippen molar-refractivity contribution in [2.24, 2.45) is 4.99 Å². The van der Waals surface area contributed by atoms with Gasteiger partial charge in [-0.2, -0.15) is 0 Å². The molecule has 2 aliphatic heterocycles. The van der Waals surface area contributed by atoms with Crippen LogP contribution in [0.4, 0.5) is 0 Å². The van der Waals surface area contributed by atoms with E-state index in [0.29, 0.717) is 5.37 Å². The minimum Gasteiger partial charge on any atom is -0.400 e. The lowest BCUT2D eigenvalue weighted by molar-refractivity contribution is 0.112. The molecule has 0 aliphatic carbocycles. The summed E-state index contributed by atoms with van der Waals surface area (Å²) in [6.07, 6.45) is 12.9. The molecule has 35 heavy (non-hydrogen) atoms. The highest BCUT2D eigenvalue weighted by atomic mass is 32.2. The number of aliphatic hydroxyl groups excluding tert-OH is 1. The third kappa shape index (κ3) is 16.8. The Morgan fingerprint density at radius 1 is 1.20 bits per heavy atom. The molecule has 0 bridgehead atoms. The first-order chi connectivity index (χ1) is 17.0. The van der Waals surface area contributed by atoms with Gasteiger partial charge in [0.05, 0.1) is 16.8 Å². The van der Waals surface area contributed by atoms with Crippen LogP contribution in [0, 0.1) is 0 Å². The molecule has 194 valence electrons. The zero-order valence-corrected chi connectivity index (χ0v) is 22.9. The lowest BCUT2D eigenvalue weighted by Gasteiger charge is -2.19. The van der Waals surface area contributed by atoms with Crippen molar-refractivity contribution < 1.29 is 9.90 Å². The average Bonchev–Trinajstić information content (AvgIpc) is 3.13. The first-order valence-electron chi connectivity index (χ1n) is 12.0. The zero-order valence-electron chi connectivity index (χ0n) is 22.0. The summed E-state index contributed by atoms with van der Waals surface area (Å²) in [5.41, 5.74) is 2.71. The first-order valence-corrected chi connectivity index (χ1v) is 12.8. The molecule has 0 saturated carbocycles. The molecular formula is C28H44N4O2S. The number of carbonyl (C=O) groups is 1. The Morgan fingerprint density at radius 3 is 2.51 bits per heavy atom. The molecule has 0 spiro atoms. The first kappa shape index (κ1) is 32.5. The van der Waals surface area contributed by atoms with Crippen LogP contribution in [-0.2, 0) is 0 Å². The predicted molar refractivity (Wildman–Crippen MR) is 154 cm³/mol. The van der Waals surface area contributed by atoms with Gasteiger partial charge in [-0.25, -0.2) is 0 Å². The number of carbonyl (C=O) groups excluding carboxylic acids is 1. The quantitative estimate of drug-likeness (QED) is 0.495. The van der Waals surface area contributed by atoms with E-state index in [-0.39, 0.29) is 0 Å². The van der Waals surface area contributed by atoms with Crippen molar-refractivity contribution in [3.8, 4) is 0 Å². The molecule has 2 heterocycles. The summed E-state index contributed by atoms with van der Waals surface area (Å²) in [6, 6.07) is 9.10. The van der Waals surface area contributed by atoms with Crippen molar-refractivity contribution in [1.82, 2.24) is 15.5 Å². The van der Waals surface area contributed by atoms with Gasteiger partial charge in [-0.3, -0.25) is 9.79 Å². The van der Waals surface area contributed by atoms with Crippen LogP contribution >= 0.6 is 11.8 Å². The van der Waals surface area contributed by atoms with Crippen LogP contribution in [0.15, 0.2) is 82.5 Å². The monoisotopic (exact) mass is 500 g/mol. The Kier molecular flexibility index (Phi) is 20.5. The lowest BCUT2D eigenvalue weighted by atomic mass is 10.2. The summed E-state index contributed by atoms with van der Waals surface area (Å²) in [5, 5.41) is 14.1. The van der Waals surface area contributed by atoms with Crippen molar-refractivity contribution in [3.05, 3.63) is 83.1 Å². The van der Waals surface area contributed by atoms with Crippen LogP contribution in [-0.4, -0.2) is 68.2 Å². The second-order valence-corrected chi connectivity index (χ2v) is 9.28. The van der Waals surface area contributed by atoms with Crippen molar-refractivity contribution in [3.63, 3.8) is 0 Å². The van der Waals surface area contributed by atoms with Gasteiger partial charge >= 0.3 is 0 Å². The van der Waals surface area contributed by atoms with E-state index in [1.165, 1.54) is 31.0 Å². The van der Waals surface area contributed by atoms with Gasteiger partial charge in [0.1, 0.15) is 6.29 Å². The third-order valence-electron chi connectivity index (χ3n) is 4.80. The van der Waals surface area contributed by atoms with Gasteiger partial charge in [0.25, 0.3) is 0 Å². The number of hydrogen-bond acceptors (Lipinski definition) is 7. The van der Waals surface area contributed by atoms with E-state index >= 15 is 0 Å². The molecular weight excluding hydrogens is 456 g/mol. The van der Waals surface area contributed by atoms with Crippen LogP contribution in [0.3, 0.4) is 0 Å². The van der Waals surface area contributed by atoms with Gasteiger partial charge in [0.2, 0.25) is 0 Å². The van der Waals surface area contributed by atoms with E-state index in [1.54, 1.807) is 18.2 Å². The number of thioether (sulfide) groups is 1. The molecule has 3 rings (SSSR count). The zero-order chi connectivity index (χ0) is 26.3. The number of aldehydes is 1. The van der Waals surface area contributed by atoms with Crippen molar-refractivity contribution in [1.29, 1.82) is 0 Å². The van der Waals surface area contributed by atoms with E-state index in [0.717, 1.165) is 43.3 Å². The number of likely N-dealkylation sites (N-methyl/N-ethyl adjacent to an activating group) is 1. The summed E-state index contributed by atoms with van der Waals surface area (Å²) in [4.78, 5) is 18.2. The van der Waals surface area contributed by atoms with Crippen LogP contribution in [0.25, 0.3) is 0 Å². The Bertz CT molecular complexity index is 812. The smallest absolute Gasteiger partial charge is 0.150 e. The summed E-state index contributed by atoms with van der Waals surface area (Å²) in [6.45, 7) is 14.9. The molecule has 0 aromatic heterocycles. The molecule has 1 atom stereocenters. The van der Waals surface area contributed by atoms with Crippen molar-refractivity contribution in [2.45, 2.75) is 39.0 Å². The van der Waals surface area contributed by atoms with Gasteiger partial charge < -0.3 is 20.6 Å². The molecule has 0 amide bonds. The number of hydrogen-bond donors (Lipinski definition) is 3. The fraction of sp³-hybridized carbons (Fsp3) is 0.429. The number of rotatable bonds is 2. The van der Waals surface area contributed by atoms with E-state index in [4.69, 9.17) is 5.11 Å². The summed E-state index contributed by atoms with van der Waals surface area (Å²) in [5.74, 6) is 0. The maximum Gasteiger partial charge on any atom is 0.150 e. The van der Waals surface area contributed by atoms with E-state index in [9.17, 15) is 4.79 Å². The molecule has 1 unspecified atom stereocenters. The van der Waals surface area contributed by atoms with E-state index in [2.05, 4.69) is 54.1 Å². The van der Waals surface area contributed by atoms with Crippen molar-refractivity contribution in [2.75, 3.05) is 40.3 Å². The fourth-order valence-corrected chi connectivity index (χ4v) is 4.02. The molecule has 6 nitrogen and oxygen atoms in total. The van der Waals surface area contributed by atoms with Gasteiger partial charge in [-0.15, -0.1) is 11.8 Å². The largest absolute Gasteiger partial charge is 0.400 e. The summed E-state index contributed by atoms with van der Waals surface area (Å²) >= 11 is 1.83. The second kappa shape index (κ2) is 22.0. The Balaban J connectivity index is 0.000000533. The van der Waals surface area contributed by atoms with Crippen molar-refractivity contribution >= 4 is 24.3 Å². The maximum absolute atomic E-state index is 10.0. The molecule has 3 N–H and O–H groups in total. The van der Waals surface area contributed by atoms with Crippen LogP contribution in [0.2, 0.25) is 0 Å². The maximum atomic E-state index is 10.0. The number of nitrogens with one attached hydrogen (secondary N) is 2. The highest BCUT2D eigenvalue weighted by molar-refractivity contribution is 8.03. The van der Waals surface area contributed by atoms with Gasteiger partial charge in [0, 0.05) is 38.4 Å². The number of aliphatic hydroxyl groups is 1. The Hall–Kier alpha value is -2.45. The standard InChI is InChI=1S/C14H20N2S.C7H6O.C6H14N2.CH4O/c1-5-8-14-13(6-2)15-10-7-9-11(3)17-12(4)16-14;8-6-7-4-2-1-3-5-7;1-8-5-2-3-7-4-6-8;1-2/h5-6,8-10,12,16H,1,7H2,2-4H3;1-6H;7H,2-6H2,1H3;2H,1H3/b11-9-,13-6+,14-8+,15-10?;;;. The molecule has 1 aromatic carbocycles. The van der Waals surface area contributed by atoms with E-state index < -0.39 is 0 Å². The minimum atomic E-state index is 0.320. The average molecular weight is 501 g/mol. The van der Waals surface area contributed by atoms with Crippen LogP contribution in [0.1, 0.15) is 44.0 Å². The number of nitrogens with zero attached hydrogens (tertiary/aromatic N) is 2. The Morgan fingerprint density at radius 2 is 1.91 bits per heavy atom. The van der Waals surface area contributed by atoms with Gasteiger partial charge in [-0.05, 0) is 58.3 Å². The summed E-state index contributed by atoms with van der Waals surface area (Å²) < 4.78 is 0. The molecule has 1 fully saturated rings. The van der Waals surface area contributed by atoms with Crippen LogP contribution < -0.4 is 10.6 Å². The highest BCUT2D eigenvalue weighted by Gasteiger charge is 2.09. The number of aliphatic imine (C=N–C) groups is 1. The topological polar surface area (TPSA) is 77.0 Å². The highest BCUT2D eigenvalue weighted by Crippen LogP contribution is 2.23. The number of benzene rings is 1. The van der Waals surface area contributed by atoms with Crippen LogP contribution in [0.5, 0.6) is 0 Å². The number of allylic oxidation sites excluding steroid dienone is 5. The SMILES string of the molecule is C=C/C=C1/NC(C)S/C(C)=C\CC=N/C1=C/C.CN1CCCNCC1.CO.O=Cc1ccccc1. The molecule has 1 aromatic rings. The predicted octanol–water partition coefficient (Wildman–Crippen LogP) is 5.03. The minimum absolute atomic E-state index is 0.320. The molecule has 0 radical (unpaired) electrons. The fourth-order valence-electron chi connectivity index (χ4n) is 3.08. The molecule has 7 heteroatoms. The van der Waals surface area contributed by atoms with E-state index in [1.807, 2.05) is 55.3 Å².